The van der Waals surface area contributed by atoms with Crippen molar-refractivity contribution < 1.29 is 0 Å². The predicted octanol–water partition coefficient (Wildman–Crippen LogP) is 4.94. The van der Waals surface area contributed by atoms with Crippen LogP contribution in [0.15, 0.2) is 84.9 Å². The van der Waals surface area contributed by atoms with Crippen molar-refractivity contribution in [3.63, 3.8) is 0 Å². The predicted molar refractivity (Wildman–Crippen MR) is 101 cm³/mol. The average molecular weight is 311 g/mol. The zero-order valence-electron chi connectivity index (χ0n) is 13.9. The van der Waals surface area contributed by atoms with Crippen LogP contribution < -0.4 is 5.32 Å². The van der Waals surface area contributed by atoms with Crippen LogP contribution in [0.2, 0.25) is 0 Å². The first-order valence-electron chi connectivity index (χ1n) is 8.25. The molecule has 3 aromatic carbocycles. The normalized spacial score (nSPS) is 11.4. The molecular weight excluding hydrogens is 290 g/mol. The smallest absolute Gasteiger partial charge is 0.0294 e. The number of benzene rings is 3. The minimum absolute atomic E-state index is 0.324. The van der Waals surface area contributed by atoms with E-state index in [0.29, 0.717) is 6.04 Å². The monoisotopic (exact) mass is 311 g/mol. The summed E-state index contributed by atoms with van der Waals surface area (Å²) in [4.78, 5) is 0. The number of rotatable bonds is 4. The third-order valence-electron chi connectivity index (χ3n) is 3.96. The summed E-state index contributed by atoms with van der Waals surface area (Å²) in [5, 5.41) is 3.57. The van der Waals surface area contributed by atoms with E-state index in [9.17, 15) is 0 Å². The largest absolute Gasteiger partial charge is 0.306 e. The maximum absolute atomic E-state index is 3.57. The van der Waals surface area contributed by atoms with Gasteiger partial charge in [-0.1, -0.05) is 72.5 Å². The summed E-state index contributed by atoms with van der Waals surface area (Å²) in [5.74, 6) is 6.45. The van der Waals surface area contributed by atoms with Crippen molar-refractivity contribution in [3.05, 3.63) is 107 Å². The summed E-state index contributed by atoms with van der Waals surface area (Å²) < 4.78 is 0. The molecule has 1 nitrogen and oxygen atoms in total. The van der Waals surface area contributed by atoms with Gasteiger partial charge in [0.15, 0.2) is 0 Å². The van der Waals surface area contributed by atoms with Gasteiger partial charge in [0.25, 0.3) is 0 Å². The quantitative estimate of drug-likeness (QED) is 0.673. The summed E-state index contributed by atoms with van der Waals surface area (Å²) in [7, 11) is 0. The molecule has 0 spiro atoms. The van der Waals surface area contributed by atoms with Gasteiger partial charge in [0.1, 0.15) is 0 Å². The zero-order valence-corrected chi connectivity index (χ0v) is 13.9. The Kier molecular flexibility index (Phi) is 5.45. The van der Waals surface area contributed by atoms with E-state index in [2.05, 4.69) is 72.6 Å². The molecule has 3 rings (SSSR count). The second-order valence-corrected chi connectivity index (χ2v) is 5.83. The van der Waals surface area contributed by atoms with Crippen LogP contribution in [0.4, 0.5) is 0 Å². The van der Waals surface area contributed by atoms with Crippen molar-refractivity contribution >= 4 is 0 Å². The van der Waals surface area contributed by atoms with Gasteiger partial charge in [-0.15, -0.1) is 0 Å². The Balaban J connectivity index is 1.64. The van der Waals surface area contributed by atoms with E-state index in [1.54, 1.807) is 0 Å². The van der Waals surface area contributed by atoms with E-state index >= 15 is 0 Å². The summed E-state index contributed by atoms with van der Waals surface area (Å²) in [6, 6.07) is 29.3. The van der Waals surface area contributed by atoms with Crippen molar-refractivity contribution in [2.75, 3.05) is 0 Å². The van der Waals surface area contributed by atoms with Crippen LogP contribution in [0.1, 0.15) is 35.2 Å². The molecule has 0 aliphatic carbocycles. The van der Waals surface area contributed by atoms with Crippen molar-refractivity contribution in [1.29, 1.82) is 0 Å². The molecule has 3 aromatic rings. The van der Waals surface area contributed by atoms with Crippen LogP contribution in [0, 0.1) is 11.8 Å². The molecule has 1 atom stereocenters. The van der Waals surface area contributed by atoms with E-state index in [-0.39, 0.29) is 0 Å². The zero-order chi connectivity index (χ0) is 16.6. The Labute approximate surface area is 144 Å². The lowest BCUT2D eigenvalue weighted by atomic mass is 10.1. The minimum Gasteiger partial charge on any atom is -0.306 e. The molecule has 0 aromatic heterocycles. The minimum atomic E-state index is 0.324. The standard InChI is InChI=1S/C23H21N/c1-19(23-13-6-3-7-14-23)24-18-22-12-8-11-21(17-22)16-15-20-9-4-2-5-10-20/h2-14,17,19,24H,18H2,1H3/t19-/m1/s1. The summed E-state index contributed by atoms with van der Waals surface area (Å²) in [6.45, 7) is 3.02. The molecule has 0 radical (unpaired) electrons. The first kappa shape index (κ1) is 16.1. The molecule has 1 N–H and O–H groups in total. The van der Waals surface area contributed by atoms with Crippen molar-refractivity contribution in [2.24, 2.45) is 0 Å². The Hall–Kier alpha value is -2.82. The fraction of sp³-hybridized carbons (Fsp3) is 0.130. The highest BCUT2D eigenvalue weighted by Crippen LogP contribution is 2.13. The summed E-state index contributed by atoms with van der Waals surface area (Å²) >= 11 is 0. The highest BCUT2D eigenvalue weighted by molar-refractivity contribution is 5.43. The Morgan fingerprint density at radius 1 is 0.750 bits per heavy atom. The SMILES string of the molecule is C[C@@H](NCc1cccc(C#Cc2ccccc2)c1)c1ccccc1. The van der Waals surface area contributed by atoms with Crippen LogP contribution in [0.3, 0.4) is 0 Å². The summed E-state index contributed by atoms with van der Waals surface area (Å²) in [6.07, 6.45) is 0. The maximum Gasteiger partial charge on any atom is 0.0294 e. The van der Waals surface area contributed by atoms with Crippen LogP contribution in [-0.4, -0.2) is 0 Å². The topological polar surface area (TPSA) is 12.0 Å². The molecule has 0 aliphatic rings. The second kappa shape index (κ2) is 8.15. The molecule has 24 heavy (non-hydrogen) atoms. The number of hydrogen-bond acceptors (Lipinski definition) is 1. The third kappa shape index (κ3) is 4.59. The van der Waals surface area contributed by atoms with Gasteiger partial charge in [0, 0.05) is 23.7 Å². The molecule has 118 valence electrons. The first-order chi connectivity index (χ1) is 11.8. The second-order valence-electron chi connectivity index (χ2n) is 5.83. The molecule has 0 aliphatic heterocycles. The summed E-state index contributed by atoms with van der Waals surface area (Å²) in [5.41, 5.74) is 4.64. The van der Waals surface area contributed by atoms with Crippen molar-refractivity contribution in [1.82, 2.24) is 5.32 Å². The Bertz CT molecular complexity index is 826. The lowest BCUT2D eigenvalue weighted by Crippen LogP contribution is -2.17. The van der Waals surface area contributed by atoms with Gasteiger partial charge in [-0.3, -0.25) is 0 Å². The lowest BCUT2D eigenvalue weighted by molar-refractivity contribution is 0.574. The maximum atomic E-state index is 3.57. The molecule has 0 amide bonds. The highest BCUT2D eigenvalue weighted by Gasteiger charge is 2.03. The third-order valence-corrected chi connectivity index (χ3v) is 3.96. The van der Waals surface area contributed by atoms with E-state index in [4.69, 9.17) is 0 Å². The van der Waals surface area contributed by atoms with Gasteiger partial charge in [0.05, 0.1) is 0 Å². The van der Waals surface area contributed by atoms with Gasteiger partial charge in [-0.2, -0.15) is 0 Å². The highest BCUT2D eigenvalue weighted by atomic mass is 14.9. The van der Waals surface area contributed by atoms with E-state index in [1.165, 1.54) is 11.1 Å². The molecule has 0 bridgehead atoms. The first-order valence-corrected chi connectivity index (χ1v) is 8.25. The van der Waals surface area contributed by atoms with Crippen molar-refractivity contribution in [2.45, 2.75) is 19.5 Å². The molecule has 0 saturated carbocycles. The van der Waals surface area contributed by atoms with Crippen LogP contribution in [0.5, 0.6) is 0 Å². The van der Waals surface area contributed by atoms with Gasteiger partial charge in [-0.25, -0.2) is 0 Å². The van der Waals surface area contributed by atoms with E-state index < -0.39 is 0 Å². The van der Waals surface area contributed by atoms with Crippen LogP contribution in [-0.2, 0) is 6.54 Å². The fourth-order valence-corrected chi connectivity index (χ4v) is 2.56. The molecule has 0 fully saturated rings. The lowest BCUT2D eigenvalue weighted by Gasteiger charge is -2.14. The Morgan fingerprint density at radius 2 is 1.38 bits per heavy atom. The fourth-order valence-electron chi connectivity index (χ4n) is 2.56. The van der Waals surface area contributed by atoms with Gasteiger partial charge < -0.3 is 5.32 Å². The molecule has 0 unspecified atom stereocenters. The number of nitrogens with one attached hydrogen (secondary N) is 1. The molecular formula is C23H21N. The van der Waals surface area contributed by atoms with Gasteiger partial charge in [-0.05, 0) is 42.3 Å². The van der Waals surface area contributed by atoms with Crippen molar-refractivity contribution in [3.8, 4) is 11.8 Å². The Morgan fingerprint density at radius 3 is 2.12 bits per heavy atom. The van der Waals surface area contributed by atoms with Gasteiger partial charge >= 0.3 is 0 Å². The van der Waals surface area contributed by atoms with E-state index in [0.717, 1.165) is 17.7 Å². The van der Waals surface area contributed by atoms with E-state index in [1.807, 2.05) is 36.4 Å². The molecule has 0 saturated heterocycles. The average Bonchev–Trinajstić information content (AvgIpc) is 2.66. The van der Waals surface area contributed by atoms with Crippen LogP contribution >= 0.6 is 0 Å². The number of hydrogen-bond donors (Lipinski definition) is 1. The molecule has 0 heterocycles. The molecule has 1 heteroatoms. The van der Waals surface area contributed by atoms with Gasteiger partial charge in [0.2, 0.25) is 0 Å². The van der Waals surface area contributed by atoms with Crippen LogP contribution in [0.25, 0.3) is 0 Å².